The number of hydrogen-bond acceptors (Lipinski definition) is 1. The van der Waals surface area contributed by atoms with Crippen molar-refractivity contribution in [2.75, 3.05) is 14.1 Å². The van der Waals surface area contributed by atoms with Crippen LogP contribution in [0.5, 0.6) is 0 Å². The van der Waals surface area contributed by atoms with E-state index < -0.39 is 0 Å². The molecule has 0 aliphatic heterocycles. The van der Waals surface area contributed by atoms with Crippen molar-refractivity contribution in [1.29, 1.82) is 0 Å². The number of carbonyl (C=O) groups is 1. The van der Waals surface area contributed by atoms with Crippen LogP contribution in [0, 0.1) is 0 Å². The fourth-order valence-corrected chi connectivity index (χ4v) is 0. The zero-order valence-corrected chi connectivity index (χ0v) is 5.58. The molecule has 0 aromatic heterocycles. The van der Waals surface area contributed by atoms with Crippen molar-refractivity contribution in [3.63, 3.8) is 0 Å². The molecule has 0 N–H and O–H groups in total. The van der Waals surface area contributed by atoms with Gasteiger partial charge in [-0.1, -0.05) is 0 Å². The Morgan fingerprint density at radius 3 is 1.33 bits per heavy atom. The first-order chi connectivity index (χ1) is 2.64. The molecule has 0 aliphatic carbocycles. The summed E-state index contributed by atoms with van der Waals surface area (Å²) < 4.78 is 0. The van der Waals surface area contributed by atoms with E-state index in [9.17, 15) is 4.79 Å². The van der Waals surface area contributed by atoms with E-state index in [-0.39, 0.29) is 56.0 Å². The topological polar surface area (TPSA) is 20.3 Å². The molecule has 0 aliphatic rings. The molecule has 2 nitrogen and oxygen atoms in total. The van der Waals surface area contributed by atoms with Crippen molar-refractivity contribution < 1.29 is 4.79 Å². The van der Waals surface area contributed by atoms with Gasteiger partial charge in [0.05, 0.1) is 0 Å². The summed E-state index contributed by atoms with van der Waals surface area (Å²) in [5, 5.41) is 0. The van der Waals surface area contributed by atoms with Crippen LogP contribution in [-0.4, -0.2) is 62.6 Å². The Labute approximate surface area is 86.5 Å². The monoisotopic (exact) mass is 139 g/mol. The summed E-state index contributed by atoms with van der Waals surface area (Å²) in [6.07, 6.45) is 0. The van der Waals surface area contributed by atoms with Crippen molar-refractivity contribution in [3.8, 4) is 0 Å². The molecule has 0 heterocycles. The maximum atomic E-state index is 10.1. The molecule has 0 fully saturated rings. The van der Waals surface area contributed by atoms with E-state index in [2.05, 4.69) is 0 Å². The Morgan fingerprint density at radius 1 is 1.22 bits per heavy atom. The minimum atomic E-state index is 0. The van der Waals surface area contributed by atoms with Crippen molar-refractivity contribution in [1.82, 2.24) is 4.90 Å². The van der Waals surface area contributed by atoms with Crippen molar-refractivity contribution in [2.24, 2.45) is 0 Å². The van der Waals surface area contributed by atoms with Crippen LogP contribution in [0.25, 0.3) is 0 Å². The van der Waals surface area contributed by atoms with Gasteiger partial charge in [-0.15, -0.1) is 12.4 Å². The van der Waals surface area contributed by atoms with Gasteiger partial charge in [-0.3, -0.25) is 4.79 Å². The molecule has 0 saturated carbocycles. The molecule has 9 heavy (non-hydrogen) atoms. The molecule has 0 spiro atoms. The Hall–Kier alpha value is 0.955. The quantitative estimate of drug-likeness (QED) is 0.403. The average molecular weight is 139 g/mol. The summed E-state index contributed by atoms with van der Waals surface area (Å²) in [6.45, 7) is 1.53. The van der Waals surface area contributed by atoms with Crippen LogP contribution in [0.2, 0.25) is 0 Å². The summed E-state index contributed by atoms with van der Waals surface area (Å²) in [7, 11) is 3.45. The number of nitrogens with zero attached hydrogens (tertiary/aromatic N) is 1. The average Bonchev–Trinajstić information content (AvgIpc) is 1.36. The van der Waals surface area contributed by atoms with Crippen LogP contribution in [0.1, 0.15) is 6.92 Å². The third-order valence-electron chi connectivity index (χ3n) is 0.630. The Morgan fingerprint density at radius 2 is 1.33 bits per heavy atom. The van der Waals surface area contributed by atoms with Gasteiger partial charge in [-0.2, -0.15) is 0 Å². The van der Waals surface area contributed by atoms with Gasteiger partial charge in [-0.25, -0.2) is 0 Å². The first-order valence-electron chi connectivity index (χ1n) is 1.82. The maximum absolute atomic E-state index is 10.1. The number of amides is 1. The zero-order valence-electron chi connectivity index (χ0n) is 4.76. The van der Waals surface area contributed by atoms with Gasteiger partial charge in [0.1, 0.15) is 0 Å². The van der Waals surface area contributed by atoms with E-state index in [1.807, 2.05) is 0 Å². The molecule has 5 heteroatoms. The van der Waals surface area contributed by atoms with E-state index in [0.717, 1.165) is 0 Å². The first-order valence-corrected chi connectivity index (χ1v) is 1.82. The molecule has 0 radical (unpaired) electrons. The van der Waals surface area contributed by atoms with Crippen LogP contribution in [0.3, 0.4) is 0 Å². The van der Waals surface area contributed by atoms with E-state index in [1.54, 1.807) is 14.1 Å². The van der Waals surface area contributed by atoms with Gasteiger partial charge in [0.2, 0.25) is 5.91 Å². The SMILES string of the molecule is CC(=O)N(C)C.Cl.[LiH].[LiH]. The van der Waals surface area contributed by atoms with Gasteiger partial charge < -0.3 is 4.90 Å². The van der Waals surface area contributed by atoms with Gasteiger partial charge >= 0.3 is 37.7 Å². The zero-order chi connectivity index (χ0) is 5.15. The fraction of sp³-hybridized carbons (Fsp3) is 0.750. The Kier molecular flexibility index (Phi) is 29.3. The third kappa shape index (κ3) is 17.6. The van der Waals surface area contributed by atoms with Crippen molar-refractivity contribution >= 4 is 56.0 Å². The Bertz CT molecular complexity index is 69.6. The molecule has 0 rings (SSSR count). The molecule has 0 unspecified atom stereocenters. The molecule has 0 aromatic rings. The third-order valence-corrected chi connectivity index (χ3v) is 0.630. The van der Waals surface area contributed by atoms with Crippen molar-refractivity contribution in [3.05, 3.63) is 0 Å². The number of rotatable bonds is 0. The second-order valence-corrected chi connectivity index (χ2v) is 1.41. The predicted octanol–water partition coefficient (Wildman–Crippen LogP) is -0.781. The van der Waals surface area contributed by atoms with E-state index >= 15 is 0 Å². The molecule has 1 amide bonds. The predicted molar refractivity (Wildman–Crippen MR) is 45.9 cm³/mol. The molecular weight excluding hydrogens is 127 g/mol. The standard InChI is InChI=1S/C4H9NO.ClH.2Li.2H/c1-4(6)5(2)3;;;;;/h1-3H3;1H;;;;. The van der Waals surface area contributed by atoms with E-state index in [0.29, 0.717) is 0 Å². The normalized spacial score (nSPS) is 5.22. The molecule has 0 bridgehead atoms. The summed E-state index contributed by atoms with van der Waals surface area (Å²) in [5.74, 6) is 0.0926. The van der Waals surface area contributed by atoms with Crippen LogP contribution >= 0.6 is 12.4 Å². The van der Waals surface area contributed by atoms with Crippen LogP contribution in [0.4, 0.5) is 0 Å². The Balaban J connectivity index is -0.0000000417. The van der Waals surface area contributed by atoms with Crippen molar-refractivity contribution in [2.45, 2.75) is 6.92 Å². The molecule has 0 atom stereocenters. The summed E-state index contributed by atoms with van der Waals surface area (Å²) in [5.41, 5.74) is 0. The summed E-state index contributed by atoms with van der Waals surface area (Å²) in [4.78, 5) is 11.6. The van der Waals surface area contributed by atoms with Gasteiger partial charge in [0, 0.05) is 21.0 Å². The summed E-state index contributed by atoms with van der Waals surface area (Å²) >= 11 is 0. The van der Waals surface area contributed by atoms with Gasteiger partial charge in [0.25, 0.3) is 0 Å². The molecule has 0 aromatic carbocycles. The van der Waals surface area contributed by atoms with E-state index in [1.165, 1.54) is 11.8 Å². The van der Waals surface area contributed by atoms with Gasteiger partial charge in [0.15, 0.2) is 0 Å². The fourth-order valence-electron chi connectivity index (χ4n) is 0. The number of halogens is 1. The molecule has 48 valence electrons. The second kappa shape index (κ2) is 11.7. The second-order valence-electron chi connectivity index (χ2n) is 1.41. The number of hydrogen-bond donors (Lipinski definition) is 0. The molecular formula is C4H12ClLi2NO. The van der Waals surface area contributed by atoms with Crippen LogP contribution in [0.15, 0.2) is 0 Å². The van der Waals surface area contributed by atoms with Crippen LogP contribution in [-0.2, 0) is 4.79 Å². The number of carbonyl (C=O) groups excluding carboxylic acids is 1. The van der Waals surface area contributed by atoms with Gasteiger partial charge in [-0.05, 0) is 0 Å². The van der Waals surface area contributed by atoms with E-state index in [4.69, 9.17) is 0 Å². The minimum absolute atomic E-state index is 0. The first kappa shape index (κ1) is 22.5. The summed E-state index contributed by atoms with van der Waals surface area (Å²) in [6, 6.07) is 0. The van der Waals surface area contributed by atoms with Crippen LogP contribution < -0.4 is 0 Å². The molecule has 0 saturated heterocycles.